The van der Waals surface area contributed by atoms with Crippen LogP contribution in [0.4, 0.5) is 0 Å². The topological polar surface area (TPSA) is 87.2 Å². The summed E-state index contributed by atoms with van der Waals surface area (Å²) in [5.74, 6) is 4.97. The molecular weight excluding hydrogens is 190 g/mol. The molecule has 1 aromatic carbocycles. The van der Waals surface area contributed by atoms with E-state index in [4.69, 9.17) is 11.1 Å². The summed E-state index contributed by atoms with van der Waals surface area (Å²) in [7, 11) is -3.84. The van der Waals surface area contributed by atoms with Crippen LogP contribution in [0.15, 0.2) is 35.2 Å². The van der Waals surface area contributed by atoms with Gasteiger partial charge < -0.3 is 0 Å². The first kappa shape index (κ1) is 9.51. The van der Waals surface area contributed by atoms with Crippen LogP contribution in [0.1, 0.15) is 0 Å². The summed E-state index contributed by atoms with van der Waals surface area (Å²) in [6.07, 6.45) is 1.33. The molecule has 0 heterocycles. The zero-order chi connectivity index (χ0) is 9.90. The average molecular weight is 197 g/mol. The molecule has 0 saturated heterocycles. The molecule has 0 bridgehead atoms. The molecule has 0 aliphatic carbocycles. The SMILES string of the molecule is N#CN(N)S(=O)(=O)c1ccccc1. The molecule has 0 radical (unpaired) electrons. The van der Waals surface area contributed by atoms with Crippen molar-refractivity contribution in [2.45, 2.75) is 4.90 Å². The van der Waals surface area contributed by atoms with Gasteiger partial charge >= 0.3 is 0 Å². The van der Waals surface area contributed by atoms with Crippen LogP contribution in [0, 0.1) is 11.5 Å². The Morgan fingerprint density at radius 1 is 1.31 bits per heavy atom. The second-order valence-electron chi connectivity index (χ2n) is 2.21. The molecule has 0 aliphatic rings. The fourth-order valence-corrected chi connectivity index (χ4v) is 1.60. The Morgan fingerprint density at radius 3 is 2.31 bits per heavy atom. The second-order valence-corrected chi connectivity index (χ2v) is 4.03. The first-order chi connectivity index (χ1) is 6.09. The molecule has 2 N–H and O–H groups in total. The number of hydrogen-bond acceptors (Lipinski definition) is 4. The molecule has 68 valence electrons. The molecule has 0 unspecified atom stereocenters. The summed E-state index contributed by atoms with van der Waals surface area (Å²) in [5, 5.41) is 8.30. The number of rotatable bonds is 2. The van der Waals surface area contributed by atoms with Gasteiger partial charge in [0.25, 0.3) is 10.0 Å². The molecule has 0 fully saturated rings. The number of hydrazine groups is 1. The van der Waals surface area contributed by atoms with Crippen molar-refractivity contribution >= 4 is 10.0 Å². The third-order valence-corrected chi connectivity index (χ3v) is 2.87. The number of nitriles is 1. The van der Waals surface area contributed by atoms with Crippen LogP contribution in [0.2, 0.25) is 0 Å². The van der Waals surface area contributed by atoms with Gasteiger partial charge in [0.05, 0.1) is 4.90 Å². The van der Waals surface area contributed by atoms with Gasteiger partial charge in [-0.3, -0.25) is 0 Å². The van der Waals surface area contributed by atoms with E-state index in [1.165, 1.54) is 18.3 Å². The molecule has 5 nitrogen and oxygen atoms in total. The molecule has 1 rings (SSSR count). The maximum absolute atomic E-state index is 11.3. The van der Waals surface area contributed by atoms with Crippen LogP contribution in [-0.4, -0.2) is 12.8 Å². The first-order valence-electron chi connectivity index (χ1n) is 3.34. The van der Waals surface area contributed by atoms with E-state index in [1.54, 1.807) is 18.2 Å². The number of nitrogens with zero attached hydrogens (tertiary/aromatic N) is 2. The highest BCUT2D eigenvalue weighted by Crippen LogP contribution is 2.10. The maximum atomic E-state index is 11.3. The van der Waals surface area contributed by atoms with Gasteiger partial charge in [-0.2, -0.15) is 13.7 Å². The van der Waals surface area contributed by atoms with Crippen LogP contribution >= 0.6 is 0 Å². The minimum Gasteiger partial charge on any atom is -0.223 e. The smallest absolute Gasteiger partial charge is 0.223 e. The fraction of sp³-hybridized carbons (Fsp3) is 0. The van der Waals surface area contributed by atoms with Crippen molar-refractivity contribution < 1.29 is 8.42 Å². The Balaban J connectivity index is 3.19. The molecule has 0 amide bonds. The average Bonchev–Trinajstić information content (AvgIpc) is 2.18. The Hall–Kier alpha value is -1.58. The van der Waals surface area contributed by atoms with Crippen LogP contribution in [0.3, 0.4) is 0 Å². The third-order valence-electron chi connectivity index (χ3n) is 1.40. The molecular formula is C7H7N3O2S. The Morgan fingerprint density at radius 2 is 1.85 bits per heavy atom. The predicted molar refractivity (Wildman–Crippen MR) is 45.3 cm³/mol. The van der Waals surface area contributed by atoms with Gasteiger partial charge in [-0.05, 0) is 12.1 Å². The van der Waals surface area contributed by atoms with Crippen molar-refractivity contribution in [3.8, 4) is 6.19 Å². The number of benzene rings is 1. The molecule has 0 aliphatic heterocycles. The fourth-order valence-electron chi connectivity index (χ4n) is 0.760. The lowest BCUT2D eigenvalue weighted by atomic mass is 10.4. The zero-order valence-corrected chi connectivity index (χ0v) is 7.40. The van der Waals surface area contributed by atoms with Crippen molar-refractivity contribution in [1.29, 1.82) is 5.26 Å². The van der Waals surface area contributed by atoms with E-state index >= 15 is 0 Å². The highest BCUT2D eigenvalue weighted by Gasteiger charge is 2.19. The molecule has 6 heteroatoms. The van der Waals surface area contributed by atoms with Gasteiger partial charge in [-0.1, -0.05) is 18.2 Å². The van der Waals surface area contributed by atoms with E-state index in [9.17, 15) is 8.42 Å². The lowest BCUT2D eigenvalue weighted by Crippen LogP contribution is -2.32. The molecule has 0 spiro atoms. The Bertz CT molecular complexity index is 421. The van der Waals surface area contributed by atoms with Crippen LogP contribution in [0.25, 0.3) is 0 Å². The summed E-state index contributed by atoms with van der Waals surface area (Å²) in [4.78, 5) is -0.000880. The lowest BCUT2D eigenvalue weighted by molar-refractivity contribution is 0.520. The van der Waals surface area contributed by atoms with Gasteiger partial charge in [0.2, 0.25) is 6.19 Å². The van der Waals surface area contributed by atoms with Crippen molar-refractivity contribution in [3.05, 3.63) is 30.3 Å². The first-order valence-corrected chi connectivity index (χ1v) is 4.78. The minimum atomic E-state index is -3.84. The van der Waals surface area contributed by atoms with Crippen molar-refractivity contribution in [1.82, 2.24) is 4.41 Å². The van der Waals surface area contributed by atoms with Gasteiger partial charge in [-0.25, -0.2) is 5.84 Å². The Labute approximate surface area is 76.0 Å². The molecule has 0 saturated carbocycles. The monoisotopic (exact) mass is 197 g/mol. The van der Waals surface area contributed by atoms with Gasteiger partial charge in [0, 0.05) is 0 Å². The maximum Gasteiger partial charge on any atom is 0.286 e. The quantitative estimate of drug-likeness (QED) is 0.313. The number of sulfonamides is 1. The van der Waals surface area contributed by atoms with Crippen molar-refractivity contribution in [3.63, 3.8) is 0 Å². The zero-order valence-electron chi connectivity index (χ0n) is 6.58. The van der Waals surface area contributed by atoms with Crippen LogP contribution in [-0.2, 0) is 10.0 Å². The summed E-state index contributed by atoms with van der Waals surface area (Å²) < 4.78 is 22.8. The predicted octanol–water partition coefficient (Wildman–Crippen LogP) is 0.0321. The van der Waals surface area contributed by atoms with E-state index < -0.39 is 10.0 Å². The van der Waals surface area contributed by atoms with Gasteiger partial charge in [0.1, 0.15) is 0 Å². The Kier molecular flexibility index (Phi) is 2.51. The van der Waals surface area contributed by atoms with Crippen molar-refractivity contribution in [2.24, 2.45) is 5.84 Å². The third kappa shape index (κ3) is 1.77. The number of nitrogens with two attached hydrogens (primary N) is 1. The van der Waals surface area contributed by atoms with Gasteiger partial charge in [-0.15, -0.1) is 4.41 Å². The summed E-state index contributed by atoms with van der Waals surface area (Å²) in [5.41, 5.74) is 0. The molecule has 13 heavy (non-hydrogen) atoms. The highest BCUT2D eigenvalue weighted by molar-refractivity contribution is 7.89. The summed E-state index contributed by atoms with van der Waals surface area (Å²) >= 11 is 0. The largest absolute Gasteiger partial charge is 0.286 e. The van der Waals surface area contributed by atoms with Crippen molar-refractivity contribution in [2.75, 3.05) is 0 Å². The van der Waals surface area contributed by atoms with E-state index in [2.05, 4.69) is 0 Å². The van der Waals surface area contributed by atoms with E-state index in [0.29, 0.717) is 0 Å². The summed E-state index contributed by atoms with van der Waals surface area (Å²) in [6, 6.07) is 7.52. The van der Waals surface area contributed by atoms with Crippen LogP contribution < -0.4 is 5.84 Å². The molecule has 1 aromatic rings. The minimum absolute atomic E-state index is 0.000880. The molecule has 0 aromatic heterocycles. The second kappa shape index (κ2) is 3.43. The van der Waals surface area contributed by atoms with Crippen LogP contribution in [0.5, 0.6) is 0 Å². The van der Waals surface area contributed by atoms with E-state index in [1.807, 2.05) is 0 Å². The summed E-state index contributed by atoms with van der Waals surface area (Å²) in [6.45, 7) is 0. The number of hydrogen-bond donors (Lipinski definition) is 1. The normalized spacial score (nSPS) is 10.5. The molecule has 0 atom stereocenters. The highest BCUT2D eigenvalue weighted by atomic mass is 32.2. The lowest BCUT2D eigenvalue weighted by Gasteiger charge is -2.08. The standard InChI is InChI=1S/C7H7N3O2S/c8-6-10(9)13(11,12)7-4-2-1-3-5-7/h1-5H,9H2. The van der Waals surface area contributed by atoms with Gasteiger partial charge in [0.15, 0.2) is 0 Å². The van der Waals surface area contributed by atoms with E-state index in [0.717, 1.165) is 0 Å². The van der Waals surface area contributed by atoms with E-state index in [-0.39, 0.29) is 9.31 Å².